The van der Waals surface area contributed by atoms with Gasteiger partial charge >= 0.3 is 102 Å². The van der Waals surface area contributed by atoms with Crippen molar-refractivity contribution in [2.45, 2.75) is 378 Å². The van der Waals surface area contributed by atoms with Crippen LogP contribution in [0, 0.1) is 67.0 Å². The fraction of sp³-hybridized carbons (Fsp3) is 0.844. The minimum atomic E-state index is -4.67. The van der Waals surface area contributed by atoms with E-state index in [1.165, 1.54) is 27.7 Å². The van der Waals surface area contributed by atoms with Gasteiger partial charge in [-0.15, -0.1) is 0 Å². The van der Waals surface area contributed by atoms with Crippen LogP contribution in [0.1, 0.15) is 282 Å². The van der Waals surface area contributed by atoms with E-state index in [0.717, 1.165) is 14.2 Å². The minimum Gasteiger partial charge on any atom is -0.465 e. The molecular weight excluding hydrogens is 1860 g/mol. The van der Waals surface area contributed by atoms with E-state index < -0.39 is 268 Å². The molecule has 4 aliphatic carbocycles. The van der Waals surface area contributed by atoms with Gasteiger partial charge in [0.15, 0.2) is 36.3 Å². The number of methoxy groups -OCH3 is 2. The van der Waals surface area contributed by atoms with Crippen LogP contribution in [-0.4, -0.2) is 221 Å². The maximum absolute atomic E-state index is 14.2. The first-order valence-electron chi connectivity index (χ1n) is 44.9. The molecule has 28 nitrogen and oxygen atoms in total. The zero-order valence-electron chi connectivity index (χ0n) is 82.0. The Hall–Kier alpha value is -8.68. The van der Waals surface area contributed by atoms with Gasteiger partial charge in [-0.1, -0.05) is 111 Å². The molecule has 0 spiro atoms. The largest absolute Gasteiger partial charge is 0.465 e. The number of rotatable bonds is 42. The quantitative estimate of drug-likeness (QED) is 0.0168. The summed E-state index contributed by atoms with van der Waals surface area (Å²) in [6, 6.07) is -3.69. The van der Waals surface area contributed by atoms with Gasteiger partial charge in [-0.3, -0.25) is 47.9 Å². The normalized spacial score (nSPS) is 22.2. The lowest BCUT2D eigenvalue weighted by Crippen LogP contribution is -2.54. The molecule has 14 atom stereocenters. The SMILES string of the molecule is CCC(C)(C)C(=O)NC1C2CC3C1OC(=O)C3(C(=O)OCC(F)(F)F)C2.CCC(C)(C)C(=O)OC1C2CC3C1OC(=O)C3(C(=O)OCC(F)(F)F)C2.CCC(NC(=O)C(C)(C)CC)C(F)(F)C(=O)OC.CCC(NC(=O)C(C)(C)CC)C(F)(F)C(=O)OCCCC(C)(F)F.CCC(OC(=O)C(C)(C)CC)C(F)(F)C(=O)OC.CCC(OC(=O)C(C)(C)CC)C(F)(F)C(=O)OCCCC(C)(F)F. The van der Waals surface area contributed by atoms with Crippen molar-refractivity contribution in [3.8, 4) is 0 Å². The summed E-state index contributed by atoms with van der Waals surface area (Å²) in [5.74, 6) is -37.5. The van der Waals surface area contributed by atoms with E-state index in [0.29, 0.717) is 65.2 Å². The van der Waals surface area contributed by atoms with E-state index in [9.17, 15) is 146 Å². The van der Waals surface area contributed by atoms with Crippen molar-refractivity contribution in [2.24, 2.45) is 67.0 Å². The van der Waals surface area contributed by atoms with Gasteiger partial charge in [-0.25, -0.2) is 36.7 Å². The van der Waals surface area contributed by atoms with Crippen LogP contribution in [-0.2, 0) is 119 Å². The Kier molecular flexibility index (Phi) is 45.1. The van der Waals surface area contributed by atoms with Crippen LogP contribution in [0.2, 0.25) is 0 Å². The maximum atomic E-state index is 14.2. The predicted molar refractivity (Wildman–Crippen MR) is 448 cm³/mol. The van der Waals surface area contributed by atoms with Crippen molar-refractivity contribution < 1.29 is 198 Å². The van der Waals surface area contributed by atoms with Crippen molar-refractivity contribution in [1.29, 1.82) is 0 Å². The summed E-state index contributed by atoms with van der Waals surface area (Å²) < 4.78 is 287. The van der Waals surface area contributed by atoms with Gasteiger partial charge in [0, 0.05) is 46.8 Å². The number of halogens is 18. The molecule has 46 heteroatoms. The van der Waals surface area contributed by atoms with Crippen molar-refractivity contribution in [3.63, 3.8) is 0 Å². The second-order valence-electron chi connectivity index (χ2n) is 38.5. The third-order valence-corrected chi connectivity index (χ3v) is 25.8. The van der Waals surface area contributed by atoms with Crippen molar-refractivity contribution in [2.75, 3.05) is 40.6 Å². The average Bonchev–Trinajstić information content (AvgIpc) is 1.53. The van der Waals surface area contributed by atoms with Gasteiger partial charge in [-0.2, -0.15) is 61.5 Å². The molecule has 6 rings (SSSR count). The van der Waals surface area contributed by atoms with Crippen LogP contribution in [0.25, 0.3) is 0 Å². The van der Waals surface area contributed by atoms with E-state index in [1.54, 1.807) is 111 Å². The molecular formula is C90H137F18N3O25. The number of ether oxygens (including phenoxy) is 11. The second kappa shape index (κ2) is 48.9. The van der Waals surface area contributed by atoms with Crippen LogP contribution in [0.5, 0.6) is 0 Å². The van der Waals surface area contributed by atoms with Crippen LogP contribution in [0.3, 0.4) is 0 Å². The molecule has 3 N–H and O–H groups in total. The Morgan fingerprint density at radius 1 is 0.375 bits per heavy atom. The third kappa shape index (κ3) is 32.7. The highest BCUT2D eigenvalue weighted by atomic mass is 19.4. The highest BCUT2D eigenvalue weighted by molar-refractivity contribution is 6.04. The molecule has 2 aliphatic heterocycles. The Morgan fingerprint density at radius 2 is 0.676 bits per heavy atom. The Bertz CT molecular complexity index is 3820. The first-order valence-corrected chi connectivity index (χ1v) is 44.9. The molecule has 0 aromatic rings. The molecule has 2 saturated heterocycles. The van der Waals surface area contributed by atoms with E-state index in [1.807, 2.05) is 13.8 Å². The lowest BCUT2D eigenvalue weighted by Gasteiger charge is -2.33. The van der Waals surface area contributed by atoms with E-state index >= 15 is 0 Å². The van der Waals surface area contributed by atoms with E-state index in [2.05, 4.69) is 44.4 Å². The van der Waals surface area contributed by atoms with Crippen molar-refractivity contribution >= 4 is 83.4 Å². The number of carbonyl (C=O) groups is 14. The number of amides is 3. The number of fused-ring (bicyclic) bond motifs is 2. The Labute approximate surface area is 780 Å². The fourth-order valence-electron chi connectivity index (χ4n) is 14.2. The number of hydrogen-bond donors (Lipinski definition) is 3. The van der Waals surface area contributed by atoms with E-state index in [4.69, 9.17) is 23.7 Å². The molecule has 4 saturated carbocycles. The van der Waals surface area contributed by atoms with Crippen molar-refractivity contribution in [1.82, 2.24) is 16.0 Å². The third-order valence-electron chi connectivity index (χ3n) is 25.8. The molecule has 3 amide bonds. The van der Waals surface area contributed by atoms with Crippen molar-refractivity contribution in [3.05, 3.63) is 0 Å². The maximum Gasteiger partial charge on any atom is 0.422 e. The molecule has 6 aliphatic rings. The number of alkyl halides is 18. The summed E-state index contributed by atoms with van der Waals surface area (Å²) >= 11 is 0. The van der Waals surface area contributed by atoms with Crippen LogP contribution < -0.4 is 16.0 Å². The zero-order chi connectivity index (χ0) is 106. The molecule has 4 bridgehead atoms. The fourth-order valence-corrected chi connectivity index (χ4v) is 14.2. The lowest BCUT2D eigenvalue weighted by molar-refractivity contribution is -0.203. The first-order chi connectivity index (χ1) is 61.6. The standard InChI is InChI=1S/C17H22F3NO5.C17H21F3O6.C16H27F4NO3.C16H26F4O4.C12H21F2NO3.C12H20F2O4/c1-4-15(2,3)12(22)21-10-8-5-9-11(10)26-14(24)16(9,6-8)13(23)25-7-17(18,19)20;1-4-15(2,3)12(21)25-10-8-5-9-11(10)26-14(23)16(9,6-8)13(22)24-7-17(18,19)20;1-6-11(21-12(22)14(3,4)7-2)16(19,20)13(23)24-10-8-9-15(5,17)18;1-6-11(24-12(21)14(3,4)7-2)16(19,20)13(22)23-10-8-9-15(5,17)18;1-6-8(12(13,14)10(17)18-5)15-9(16)11(3,4)7-2;1-6-8(12(13,14)10(16)17-5)18-9(15)11(3,4)7-2/h8-11H,4-7H2,1-3H3,(H,21,22);8-11H,4-7H2,1-3H3;11H,6-10H2,1-5H3,(H,21,22);11H,6-10H2,1-5H3;8H,6-7H2,1-5H3,(H,15,16);8H,6-7H2,1-5H3. The summed E-state index contributed by atoms with van der Waals surface area (Å²) in [5, 5.41) is 7.32. The Balaban J connectivity index is 0.000000821. The average molecular weight is 2000 g/mol. The molecule has 0 aromatic heterocycles. The molecule has 2 heterocycles. The lowest BCUT2D eigenvalue weighted by atomic mass is 9.72. The minimum absolute atomic E-state index is 0.0197. The first kappa shape index (κ1) is 125. The summed E-state index contributed by atoms with van der Waals surface area (Å²) in [6.07, 6.45) is -13.8. The molecule has 0 aromatic carbocycles. The second-order valence-corrected chi connectivity index (χ2v) is 38.5. The van der Waals surface area contributed by atoms with Crippen LogP contribution in [0.15, 0.2) is 0 Å². The van der Waals surface area contributed by atoms with Gasteiger partial charge in [0.25, 0.3) is 0 Å². The summed E-state index contributed by atoms with van der Waals surface area (Å²) in [7, 11) is 1.75. The van der Waals surface area contributed by atoms with Gasteiger partial charge in [0.2, 0.25) is 29.6 Å². The summed E-state index contributed by atoms with van der Waals surface area (Å²) in [5.41, 5.74) is -8.08. The smallest absolute Gasteiger partial charge is 0.422 e. The monoisotopic (exact) mass is 2000 g/mol. The van der Waals surface area contributed by atoms with Gasteiger partial charge in [-0.05, 0) is 164 Å². The molecule has 14 unspecified atom stereocenters. The van der Waals surface area contributed by atoms with Crippen LogP contribution in [0.4, 0.5) is 79.0 Å². The predicted octanol–water partition coefficient (Wildman–Crippen LogP) is 17.3. The van der Waals surface area contributed by atoms with E-state index in [-0.39, 0.29) is 69.1 Å². The molecule has 0 radical (unpaired) electrons. The zero-order valence-corrected chi connectivity index (χ0v) is 82.0. The topological polar surface area (TPSA) is 377 Å². The molecule has 136 heavy (non-hydrogen) atoms. The highest BCUT2D eigenvalue weighted by Gasteiger charge is 2.77. The Morgan fingerprint density at radius 3 is 1.01 bits per heavy atom. The molecule has 6 fully saturated rings. The van der Waals surface area contributed by atoms with Gasteiger partial charge < -0.3 is 68.1 Å². The van der Waals surface area contributed by atoms with Gasteiger partial charge in [0.1, 0.15) is 30.4 Å². The molecule has 788 valence electrons. The number of esters is 11. The van der Waals surface area contributed by atoms with Gasteiger partial charge in [0.05, 0.1) is 49.7 Å². The number of carbonyl (C=O) groups excluding carboxylic acids is 14. The van der Waals surface area contributed by atoms with Crippen LogP contribution >= 0.6 is 0 Å². The summed E-state index contributed by atoms with van der Waals surface area (Å²) in [4.78, 5) is 167. The number of hydrogen-bond acceptors (Lipinski definition) is 25. The summed E-state index contributed by atoms with van der Waals surface area (Å²) in [6.45, 7) is 33.1. The number of nitrogens with one attached hydrogen (secondary N) is 3. The highest BCUT2D eigenvalue weighted by Crippen LogP contribution is 2.64.